The van der Waals surface area contributed by atoms with E-state index in [1.54, 1.807) is 0 Å². The van der Waals surface area contributed by atoms with Gasteiger partial charge >= 0.3 is 0 Å². The van der Waals surface area contributed by atoms with Crippen LogP contribution in [-0.2, 0) is 24.8 Å². The molecule has 7 nitrogen and oxygen atoms in total. The number of rotatable bonds is 6. The van der Waals surface area contributed by atoms with E-state index >= 15 is 0 Å². The van der Waals surface area contributed by atoms with Gasteiger partial charge < -0.3 is 4.74 Å². The Morgan fingerprint density at radius 1 is 1.24 bits per heavy atom. The molecule has 1 fully saturated rings. The second kappa shape index (κ2) is 6.91. The van der Waals surface area contributed by atoms with Crippen LogP contribution in [0.2, 0.25) is 0 Å². The molecule has 0 amide bonds. The van der Waals surface area contributed by atoms with Crippen molar-refractivity contribution in [3.63, 3.8) is 0 Å². The first-order valence-electron chi connectivity index (χ1n) is 7.05. The van der Waals surface area contributed by atoms with Crippen molar-refractivity contribution < 1.29 is 21.6 Å². The molecule has 1 atom stereocenters. The molecular formula is C12H26N2O5S2. The summed E-state index contributed by atoms with van der Waals surface area (Å²) in [6, 6.07) is 0. The molecule has 0 aliphatic carbocycles. The first kappa shape index (κ1) is 18.8. The van der Waals surface area contributed by atoms with Crippen LogP contribution in [0, 0.1) is 5.41 Å². The lowest BCUT2D eigenvalue weighted by Gasteiger charge is -2.38. The monoisotopic (exact) mass is 342 g/mol. The fourth-order valence-electron chi connectivity index (χ4n) is 1.96. The lowest BCUT2D eigenvalue weighted by Crippen LogP contribution is -2.51. The summed E-state index contributed by atoms with van der Waals surface area (Å²) in [5.74, 6) is -0.292. The van der Waals surface area contributed by atoms with Gasteiger partial charge in [-0.2, -0.15) is 4.31 Å². The highest BCUT2D eigenvalue weighted by Crippen LogP contribution is 2.26. The van der Waals surface area contributed by atoms with Crippen LogP contribution in [0.15, 0.2) is 0 Å². The second-order valence-electron chi connectivity index (χ2n) is 6.20. The van der Waals surface area contributed by atoms with E-state index in [0.29, 0.717) is 19.7 Å². The standard InChI is InChI=1S/C12H26N2O5S2/c1-5-20(15,16)13-6-9-21(17,18)14-7-8-19-11(10-14)12(2,3)4/h11,13H,5-10H2,1-4H3/t11-/m1/s1. The average molecular weight is 342 g/mol. The average Bonchev–Trinajstić information content (AvgIpc) is 2.37. The molecule has 9 heteroatoms. The lowest BCUT2D eigenvalue weighted by atomic mass is 9.88. The zero-order valence-electron chi connectivity index (χ0n) is 13.1. The zero-order chi connectivity index (χ0) is 16.3. The van der Waals surface area contributed by atoms with Crippen molar-refractivity contribution in [2.75, 3.05) is 37.7 Å². The van der Waals surface area contributed by atoms with Crippen LogP contribution >= 0.6 is 0 Å². The number of nitrogens with one attached hydrogen (secondary N) is 1. The van der Waals surface area contributed by atoms with Gasteiger partial charge in [-0.25, -0.2) is 21.6 Å². The molecule has 0 aromatic rings. The van der Waals surface area contributed by atoms with Gasteiger partial charge in [-0.1, -0.05) is 20.8 Å². The smallest absolute Gasteiger partial charge is 0.215 e. The molecule has 1 aliphatic heterocycles. The van der Waals surface area contributed by atoms with Gasteiger partial charge in [0.2, 0.25) is 20.0 Å². The summed E-state index contributed by atoms with van der Waals surface area (Å²) in [4.78, 5) is 0. The second-order valence-corrected chi connectivity index (χ2v) is 10.4. The highest BCUT2D eigenvalue weighted by Gasteiger charge is 2.35. The molecule has 0 bridgehead atoms. The Balaban J connectivity index is 2.62. The quantitative estimate of drug-likeness (QED) is 0.733. The van der Waals surface area contributed by atoms with E-state index in [1.165, 1.54) is 11.2 Å². The number of hydrogen-bond donors (Lipinski definition) is 1. The van der Waals surface area contributed by atoms with E-state index in [2.05, 4.69) is 4.72 Å². The molecule has 0 spiro atoms. The highest BCUT2D eigenvalue weighted by molar-refractivity contribution is 7.90. The number of morpholine rings is 1. The number of sulfonamides is 2. The Labute approximate surface area is 128 Å². The van der Waals surface area contributed by atoms with E-state index in [-0.39, 0.29) is 29.6 Å². The summed E-state index contributed by atoms with van der Waals surface area (Å²) in [5.41, 5.74) is -0.141. The summed E-state index contributed by atoms with van der Waals surface area (Å²) < 4.78 is 56.4. The molecule has 126 valence electrons. The van der Waals surface area contributed by atoms with Gasteiger partial charge in [-0.3, -0.25) is 0 Å². The maximum Gasteiger partial charge on any atom is 0.215 e. The first-order chi connectivity index (χ1) is 9.48. The van der Waals surface area contributed by atoms with Gasteiger partial charge in [-0.05, 0) is 12.3 Å². The van der Waals surface area contributed by atoms with Gasteiger partial charge in [0.25, 0.3) is 0 Å². The van der Waals surface area contributed by atoms with Crippen molar-refractivity contribution in [2.24, 2.45) is 5.41 Å². The molecule has 0 unspecified atom stereocenters. The van der Waals surface area contributed by atoms with Crippen LogP contribution in [0.1, 0.15) is 27.7 Å². The van der Waals surface area contributed by atoms with E-state index in [4.69, 9.17) is 4.74 Å². The summed E-state index contributed by atoms with van der Waals surface area (Å²) in [7, 11) is -6.85. The molecule has 0 saturated carbocycles. The Hall–Kier alpha value is -0.220. The van der Waals surface area contributed by atoms with E-state index in [1.807, 2.05) is 20.8 Å². The molecule has 1 aliphatic rings. The van der Waals surface area contributed by atoms with Gasteiger partial charge in [-0.15, -0.1) is 0 Å². The third-order valence-electron chi connectivity index (χ3n) is 3.45. The maximum absolute atomic E-state index is 12.3. The van der Waals surface area contributed by atoms with Crippen molar-refractivity contribution in [2.45, 2.75) is 33.8 Å². The topological polar surface area (TPSA) is 92.8 Å². The Kier molecular flexibility index (Phi) is 6.19. The van der Waals surface area contributed by atoms with Crippen molar-refractivity contribution in [1.29, 1.82) is 0 Å². The Morgan fingerprint density at radius 2 is 1.86 bits per heavy atom. The molecule has 1 N–H and O–H groups in total. The fourth-order valence-corrected chi connectivity index (χ4v) is 4.04. The summed E-state index contributed by atoms with van der Waals surface area (Å²) in [6.45, 7) is 8.40. The third-order valence-corrected chi connectivity index (χ3v) is 6.69. The van der Waals surface area contributed by atoms with Crippen LogP contribution < -0.4 is 4.72 Å². The molecule has 1 rings (SSSR count). The molecule has 0 radical (unpaired) electrons. The molecule has 0 aromatic carbocycles. The van der Waals surface area contributed by atoms with Crippen molar-refractivity contribution in [1.82, 2.24) is 9.03 Å². The summed E-state index contributed by atoms with van der Waals surface area (Å²) >= 11 is 0. The van der Waals surface area contributed by atoms with Gasteiger partial charge in [0, 0.05) is 19.6 Å². The Morgan fingerprint density at radius 3 is 2.38 bits per heavy atom. The third kappa shape index (κ3) is 5.82. The van der Waals surface area contributed by atoms with Crippen LogP contribution in [0.4, 0.5) is 0 Å². The fraction of sp³-hybridized carbons (Fsp3) is 1.00. The number of nitrogens with zero attached hydrogens (tertiary/aromatic N) is 1. The first-order valence-corrected chi connectivity index (χ1v) is 10.3. The SMILES string of the molecule is CCS(=O)(=O)NCCS(=O)(=O)N1CCO[C@@H](C(C)(C)C)C1. The van der Waals surface area contributed by atoms with Crippen LogP contribution in [0.3, 0.4) is 0 Å². The van der Waals surface area contributed by atoms with Crippen molar-refractivity contribution >= 4 is 20.0 Å². The predicted molar refractivity (Wildman–Crippen MR) is 82.0 cm³/mol. The van der Waals surface area contributed by atoms with Crippen LogP contribution in [0.25, 0.3) is 0 Å². The highest BCUT2D eigenvalue weighted by atomic mass is 32.2. The molecule has 1 heterocycles. The normalized spacial score (nSPS) is 22.4. The zero-order valence-corrected chi connectivity index (χ0v) is 14.8. The number of ether oxygens (including phenoxy) is 1. The molecule has 0 aromatic heterocycles. The number of hydrogen-bond acceptors (Lipinski definition) is 5. The van der Waals surface area contributed by atoms with E-state index < -0.39 is 20.0 Å². The van der Waals surface area contributed by atoms with Gasteiger partial charge in [0.05, 0.1) is 24.2 Å². The summed E-state index contributed by atoms with van der Waals surface area (Å²) in [6.07, 6.45) is -0.159. The predicted octanol–water partition coefficient (Wildman–Crippen LogP) is 0.00240. The minimum absolute atomic E-state index is 0.0588. The Bertz CT molecular complexity index is 536. The van der Waals surface area contributed by atoms with Crippen LogP contribution in [0.5, 0.6) is 0 Å². The molecule has 1 saturated heterocycles. The van der Waals surface area contributed by atoms with Crippen molar-refractivity contribution in [3.05, 3.63) is 0 Å². The van der Waals surface area contributed by atoms with Crippen LogP contribution in [-0.4, -0.2) is 65.0 Å². The minimum atomic E-state index is -3.48. The largest absolute Gasteiger partial charge is 0.375 e. The maximum atomic E-state index is 12.3. The lowest BCUT2D eigenvalue weighted by molar-refractivity contribution is -0.0590. The summed E-state index contributed by atoms with van der Waals surface area (Å²) in [5, 5.41) is 0. The van der Waals surface area contributed by atoms with Crippen molar-refractivity contribution in [3.8, 4) is 0 Å². The van der Waals surface area contributed by atoms with Gasteiger partial charge in [0.1, 0.15) is 0 Å². The van der Waals surface area contributed by atoms with E-state index in [9.17, 15) is 16.8 Å². The van der Waals surface area contributed by atoms with Gasteiger partial charge in [0.15, 0.2) is 0 Å². The molecular weight excluding hydrogens is 316 g/mol. The minimum Gasteiger partial charge on any atom is -0.375 e. The van der Waals surface area contributed by atoms with E-state index in [0.717, 1.165) is 0 Å². The molecule has 21 heavy (non-hydrogen) atoms.